The molecular formula is C17H20N4O2S. The molecule has 0 atom stereocenters. The minimum absolute atomic E-state index is 0.166. The predicted octanol–water partition coefficient (Wildman–Crippen LogP) is 1.89. The van der Waals surface area contributed by atoms with Crippen LogP contribution in [0.5, 0.6) is 0 Å². The second kappa shape index (κ2) is 5.13. The summed E-state index contributed by atoms with van der Waals surface area (Å²) in [5.41, 5.74) is 2.50. The van der Waals surface area contributed by atoms with Gasteiger partial charge in [0, 0.05) is 19.0 Å². The largest absolute Gasteiger partial charge is 0.312 e. The molecule has 126 valence electrons. The molecule has 0 bridgehead atoms. The smallest absolute Gasteiger partial charge is 0.243 e. The molecule has 1 aromatic heterocycles. The van der Waals surface area contributed by atoms with Gasteiger partial charge in [0.25, 0.3) is 0 Å². The predicted molar refractivity (Wildman–Crippen MR) is 88.3 cm³/mol. The minimum atomic E-state index is -3.39. The molecule has 2 aromatic rings. The molecule has 0 unspecified atom stereocenters. The van der Waals surface area contributed by atoms with Gasteiger partial charge >= 0.3 is 0 Å². The van der Waals surface area contributed by atoms with Crippen LogP contribution in [0.4, 0.5) is 0 Å². The Morgan fingerprint density at radius 1 is 1.08 bits per heavy atom. The van der Waals surface area contributed by atoms with Crippen LogP contribution in [0.15, 0.2) is 29.4 Å². The molecule has 2 fully saturated rings. The molecule has 1 saturated carbocycles. The van der Waals surface area contributed by atoms with Crippen molar-refractivity contribution >= 4 is 10.0 Å². The standard InChI is InChI=1S/C17H20N4O2S/c22-24(23,16-7-6-12-2-1-3-14(12)8-16)20-9-15(10-20)21-11-18-19-17(21)13-4-5-13/h6-8,11,13,15H,1-5,9-10H2. The van der Waals surface area contributed by atoms with Gasteiger partial charge in [0.1, 0.15) is 12.2 Å². The third-order valence-electron chi connectivity index (χ3n) is 5.47. The molecule has 2 heterocycles. The summed E-state index contributed by atoms with van der Waals surface area (Å²) < 4.78 is 29.3. The van der Waals surface area contributed by atoms with Gasteiger partial charge in [-0.3, -0.25) is 0 Å². The average molecular weight is 344 g/mol. The van der Waals surface area contributed by atoms with Crippen molar-refractivity contribution in [2.75, 3.05) is 13.1 Å². The summed E-state index contributed by atoms with van der Waals surface area (Å²) in [7, 11) is -3.39. The zero-order valence-corrected chi connectivity index (χ0v) is 14.2. The lowest BCUT2D eigenvalue weighted by Gasteiger charge is -2.39. The minimum Gasteiger partial charge on any atom is -0.312 e. The van der Waals surface area contributed by atoms with Crippen LogP contribution >= 0.6 is 0 Å². The molecule has 1 aliphatic heterocycles. The fraction of sp³-hybridized carbons (Fsp3) is 0.529. The van der Waals surface area contributed by atoms with Gasteiger partial charge in [-0.1, -0.05) is 6.07 Å². The SMILES string of the molecule is O=S(=O)(c1ccc2c(c1)CCC2)N1CC(n2cnnc2C2CC2)C1. The van der Waals surface area contributed by atoms with Crippen molar-refractivity contribution in [1.82, 2.24) is 19.1 Å². The number of hydrogen-bond donors (Lipinski definition) is 0. The third kappa shape index (κ3) is 2.22. The Labute approximate surface area is 141 Å². The normalized spacial score (nSPS) is 21.7. The van der Waals surface area contributed by atoms with E-state index in [0.29, 0.717) is 23.9 Å². The Hall–Kier alpha value is -1.73. The number of aromatic nitrogens is 3. The first kappa shape index (κ1) is 14.6. The van der Waals surface area contributed by atoms with Crippen LogP contribution in [0, 0.1) is 0 Å². The lowest BCUT2D eigenvalue weighted by atomic mass is 10.1. The van der Waals surface area contributed by atoms with Gasteiger partial charge in [-0.25, -0.2) is 8.42 Å². The van der Waals surface area contributed by atoms with Gasteiger partial charge in [0.15, 0.2) is 0 Å². The summed E-state index contributed by atoms with van der Waals surface area (Å²) in [5, 5.41) is 8.23. The van der Waals surface area contributed by atoms with E-state index in [1.165, 1.54) is 24.0 Å². The van der Waals surface area contributed by atoms with E-state index >= 15 is 0 Å². The van der Waals surface area contributed by atoms with Crippen LogP contribution in [0.1, 0.15) is 48.2 Å². The zero-order chi connectivity index (χ0) is 16.3. The van der Waals surface area contributed by atoms with Crippen molar-refractivity contribution in [3.8, 4) is 0 Å². The number of sulfonamides is 1. The molecule has 0 amide bonds. The molecule has 6 nitrogen and oxygen atoms in total. The summed E-state index contributed by atoms with van der Waals surface area (Å²) >= 11 is 0. The van der Waals surface area contributed by atoms with E-state index in [-0.39, 0.29) is 6.04 Å². The molecule has 3 aliphatic rings. The van der Waals surface area contributed by atoms with Gasteiger partial charge in [0.2, 0.25) is 10.0 Å². The number of fused-ring (bicyclic) bond motifs is 1. The second-order valence-electron chi connectivity index (χ2n) is 7.13. The quantitative estimate of drug-likeness (QED) is 0.849. The molecule has 2 aliphatic carbocycles. The van der Waals surface area contributed by atoms with E-state index < -0.39 is 10.0 Å². The summed E-state index contributed by atoms with van der Waals surface area (Å²) in [5.74, 6) is 1.55. The molecule has 1 saturated heterocycles. The Morgan fingerprint density at radius 3 is 2.67 bits per heavy atom. The monoisotopic (exact) mass is 344 g/mol. The van der Waals surface area contributed by atoms with Gasteiger partial charge in [-0.15, -0.1) is 10.2 Å². The van der Waals surface area contributed by atoms with E-state index in [2.05, 4.69) is 14.8 Å². The first-order chi connectivity index (χ1) is 11.6. The third-order valence-corrected chi connectivity index (χ3v) is 7.30. The molecule has 1 aromatic carbocycles. The summed E-state index contributed by atoms with van der Waals surface area (Å²) in [6.45, 7) is 1.02. The van der Waals surface area contributed by atoms with Gasteiger partial charge in [-0.2, -0.15) is 4.31 Å². The molecule has 0 N–H and O–H groups in total. The van der Waals surface area contributed by atoms with Crippen LogP contribution < -0.4 is 0 Å². The zero-order valence-electron chi connectivity index (χ0n) is 13.4. The number of aryl methyl sites for hydroxylation is 2. The number of hydrogen-bond acceptors (Lipinski definition) is 4. The lowest BCUT2D eigenvalue weighted by Crippen LogP contribution is -2.50. The Bertz CT molecular complexity index is 895. The Balaban J connectivity index is 1.35. The van der Waals surface area contributed by atoms with Crippen molar-refractivity contribution in [2.45, 2.75) is 49.0 Å². The average Bonchev–Trinajstić information content (AvgIpc) is 3.07. The summed E-state index contributed by atoms with van der Waals surface area (Å²) in [6, 6.07) is 5.79. The Kier molecular flexibility index (Phi) is 3.12. The van der Waals surface area contributed by atoms with Gasteiger partial charge in [0.05, 0.1) is 10.9 Å². The van der Waals surface area contributed by atoms with Gasteiger partial charge in [-0.05, 0) is 55.4 Å². The van der Waals surface area contributed by atoms with Crippen LogP contribution in [-0.4, -0.2) is 40.6 Å². The highest BCUT2D eigenvalue weighted by molar-refractivity contribution is 7.89. The fourth-order valence-electron chi connectivity index (χ4n) is 3.81. The molecule has 7 heteroatoms. The van der Waals surface area contributed by atoms with Crippen LogP contribution in [-0.2, 0) is 22.9 Å². The number of benzene rings is 1. The van der Waals surface area contributed by atoms with Crippen molar-refractivity contribution in [3.05, 3.63) is 41.5 Å². The van der Waals surface area contributed by atoms with E-state index in [1.807, 2.05) is 12.1 Å². The molecule has 24 heavy (non-hydrogen) atoms. The van der Waals surface area contributed by atoms with Crippen LogP contribution in [0.3, 0.4) is 0 Å². The maximum absolute atomic E-state index is 12.8. The molecule has 5 rings (SSSR count). The number of rotatable bonds is 4. The topological polar surface area (TPSA) is 68.1 Å². The molecule has 0 radical (unpaired) electrons. The molecule has 0 spiro atoms. The first-order valence-corrected chi connectivity index (χ1v) is 10.1. The van der Waals surface area contributed by atoms with Crippen molar-refractivity contribution in [3.63, 3.8) is 0 Å². The highest BCUT2D eigenvalue weighted by Crippen LogP contribution is 2.41. The summed E-state index contributed by atoms with van der Waals surface area (Å²) in [6.07, 6.45) is 7.27. The lowest BCUT2D eigenvalue weighted by molar-refractivity contribution is 0.200. The highest BCUT2D eigenvalue weighted by Gasteiger charge is 2.40. The van der Waals surface area contributed by atoms with Gasteiger partial charge < -0.3 is 4.57 Å². The van der Waals surface area contributed by atoms with E-state index in [1.54, 1.807) is 16.7 Å². The Morgan fingerprint density at radius 2 is 1.88 bits per heavy atom. The van der Waals surface area contributed by atoms with Crippen molar-refractivity contribution in [1.29, 1.82) is 0 Å². The fourth-order valence-corrected chi connectivity index (χ4v) is 5.38. The highest BCUT2D eigenvalue weighted by atomic mass is 32.2. The number of nitrogens with zero attached hydrogens (tertiary/aromatic N) is 4. The maximum atomic E-state index is 12.8. The van der Waals surface area contributed by atoms with E-state index in [0.717, 1.165) is 25.1 Å². The van der Waals surface area contributed by atoms with Crippen molar-refractivity contribution < 1.29 is 8.42 Å². The maximum Gasteiger partial charge on any atom is 0.243 e. The second-order valence-corrected chi connectivity index (χ2v) is 9.07. The van der Waals surface area contributed by atoms with E-state index in [4.69, 9.17) is 0 Å². The van der Waals surface area contributed by atoms with E-state index in [9.17, 15) is 8.42 Å². The summed E-state index contributed by atoms with van der Waals surface area (Å²) in [4.78, 5) is 0.438. The van der Waals surface area contributed by atoms with Crippen LogP contribution in [0.2, 0.25) is 0 Å². The van der Waals surface area contributed by atoms with Crippen LogP contribution in [0.25, 0.3) is 0 Å². The molecular weight excluding hydrogens is 324 g/mol. The van der Waals surface area contributed by atoms with Crippen molar-refractivity contribution in [2.24, 2.45) is 0 Å². The first-order valence-electron chi connectivity index (χ1n) is 8.64.